The van der Waals surface area contributed by atoms with Crippen LogP contribution in [0.25, 0.3) is 33.5 Å². The van der Waals surface area contributed by atoms with Gasteiger partial charge in [0.05, 0.1) is 28.8 Å². The van der Waals surface area contributed by atoms with Crippen molar-refractivity contribution in [2.75, 3.05) is 6.54 Å². The molecule has 1 N–H and O–H groups in total. The number of hydrogen-bond donors (Lipinski definition) is 1. The number of nitrogens with zero attached hydrogens (tertiary/aromatic N) is 4. The second-order valence-corrected chi connectivity index (χ2v) is 13.2. The highest BCUT2D eigenvalue weighted by Gasteiger charge is 2.50. The zero-order valence-electron chi connectivity index (χ0n) is 25.1. The lowest BCUT2D eigenvalue weighted by Crippen LogP contribution is -2.46. The standard InChI is InChI=1S/C33H36FN5O4/c1-6-20-15-26(40)21-9-7-8-17-14-25(39(20)28(17)21)30-35-23-13-19(12-22(34)29(23)37(30)5)31(41)38-16-18-10-11-24(38)27(18)36-32(42)43-33(2,3)4/h7-9,12-14,18,20,24,27H,6,10-11,15-16H2,1-5H3,(H,36,42)/t18-,20?,24-,27-/m1/s1. The van der Waals surface area contributed by atoms with Gasteiger partial charge >= 0.3 is 6.09 Å². The van der Waals surface area contributed by atoms with E-state index in [1.165, 1.54) is 6.07 Å². The quantitative estimate of drug-likeness (QED) is 0.317. The number of benzene rings is 2. The number of ether oxygens (including phenoxy) is 1. The Kier molecular flexibility index (Phi) is 6.20. The van der Waals surface area contributed by atoms with Crippen LogP contribution in [0.15, 0.2) is 36.4 Å². The average Bonchev–Trinajstić information content (AvgIpc) is 3.70. The Bertz CT molecular complexity index is 1830. The number of amides is 2. The molecular weight excluding hydrogens is 549 g/mol. The van der Waals surface area contributed by atoms with Gasteiger partial charge in [-0.25, -0.2) is 14.2 Å². The predicted molar refractivity (Wildman–Crippen MR) is 161 cm³/mol. The summed E-state index contributed by atoms with van der Waals surface area (Å²) in [5.74, 6) is 0.0463. The number of Topliss-reactive ketones (excluding diaryl/α,β-unsaturated/α-hetero) is 1. The molecule has 4 heterocycles. The third-order valence-electron chi connectivity index (χ3n) is 9.35. The Hall–Kier alpha value is -4.21. The number of ketones is 1. The van der Waals surface area contributed by atoms with Gasteiger partial charge in [0.15, 0.2) is 11.6 Å². The van der Waals surface area contributed by atoms with Crippen molar-refractivity contribution in [3.05, 3.63) is 53.3 Å². The van der Waals surface area contributed by atoms with Crippen LogP contribution in [0.1, 0.15) is 80.1 Å². The second kappa shape index (κ2) is 9.65. The lowest BCUT2D eigenvalue weighted by atomic mass is 9.96. The number of rotatable bonds is 4. The molecule has 1 saturated carbocycles. The van der Waals surface area contributed by atoms with Crippen LogP contribution >= 0.6 is 0 Å². The maximum Gasteiger partial charge on any atom is 0.407 e. The van der Waals surface area contributed by atoms with Gasteiger partial charge in [0.2, 0.25) is 0 Å². The number of aryl methyl sites for hydroxylation is 1. The van der Waals surface area contributed by atoms with E-state index >= 15 is 4.39 Å². The van der Waals surface area contributed by atoms with Crippen LogP contribution in [0.3, 0.4) is 0 Å². The Morgan fingerprint density at radius 3 is 2.67 bits per heavy atom. The lowest BCUT2D eigenvalue weighted by Gasteiger charge is -2.28. The van der Waals surface area contributed by atoms with Crippen molar-refractivity contribution in [1.82, 2.24) is 24.3 Å². The average molecular weight is 586 g/mol. The summed E-state index contributed by atoms with van der Waals surface area (Å²) in [7, 11) is 1.78. The van der Waals surface area contributed by atoms with Gasteiger partial charge in [0, 0.05) is 42.6 Å². The molecule has 4 atom stereocenters. The summed E-state index contributed by atoms with van der Waals surface area (Å²) in [6.45, 7) is 8.00. The van der Waals surface area contributed by atoms with E-state index < -0.39 is 17.5 Å². The van der Waals surface area contributed by atoms with E-state index in [1.807, 2.05) is 45.0 Å². The summed E-state index contributed by atoms with van der Waals surface area (Å²) in [5, 5.41) is 3.92. The van der Waals surface area contributed by atoms with Gasteiger partial charge < -0.3 is 24.1 Å². The van der Waals surface area contributed by atoms with Crippen molar-refractivity contribution in [3.63, 3.8) is 0 Å². The summed E-state index contributed by atoms with van der Waals surface area (Å²) in [6.07, 6.45) is 2.36. The number of imidazole rings is 1. The third kappa shape index (κ3) is 4.33. The minimum Gasteiger partial charge on any atom is -0.444 e. The van der Waals surface area contributed by atoms with Crippen molar-refractivity contribution in [3.8, 4) is 11.5 Å². The Balaban J connectivity index is 1.23. The molecule has 0 radical (unpaired) electrons. The second-order valence-electron chi connectivity index (χ2n) is 13.2. The minimum atomic E-state index is -0.617. The first-order valence-corrected chi connectivity index (χ1v) is 15.1. The molecule has 2 aliphatic heterocycles. The normalized spacial score (nSPS) is 23.0. The van der Waals surface area contributed by atoms with Crippen LogP contribution in [-0.4, -0.2) is 61.0 Å². The molecule has 2 amide bonds. The molecule has 2 aromatic heterocycles. The number of nitrogens with one attached hydrogen (secondary N) is 1. The summed E-state index contributed by atoms with van der Waals surface area (Å²) < 4.78 is 25.1. The first kappa shape index (κ1) is 27.6. The maximum absolute atomic E-state index is 15.8. The molecule has 1 unspecified atom stereocenters. The van der Waals surface area contributed by atoms with E-state index in [0.717, 1.165) is 35.9 Å². The number of fused-ring (bicyclic) bond motifs is 3. The molecule has 224 valence electrons. The molecule has 2 fully saturated rings. The number of likely N-dealkylation sites (tertiary alicyclic amines) is 1. The van der Waals surface area contributed by atoms with Crippen LogP contribution in [0.2, 0.25) is 0 Å². The highest BCUT2D eigenvalue weighted by Crippen LogP contribution is 2.41. The first-order chi connectivity index (χ1) is 20.4. The molecular formula is C33H36FN5O4. The van der Waals surface area contributed by atoms with E-state index in [9.17, 15) is 14.4 Å². The molecule has 10 heteroatoms. The topological polar surface area (TPSA) is 98.5 Å². The maximum atomic E-state index is 15.8. The first-order valence-electron chi connectivity index (χ1n) is 15.1. The van der Waals surface area contributed by atoms with Gasteiger partial charge in [-0.2, -0.15) is 0 Å². The predicted octanol–water partition coefficient (Wildman–Crippen LogP) is 6.00. The monoisotopic (exact) mass is 585 g/mol. The number of halogens is 1. The number of alkyl carbamates (subject to hydrolysis) is 1. The molecule has 1 saturated heterocycles. The molecule has 0 spiro atoms. The number of piperidine rings is 1. The van der Waals surface area contributed by atoms with Crippen molar-refractivity contribution >= 4 is 39.7 Å². The van der Waals surface area contributed by atoms with Crippen molar-refractivity contribution in [1.29, 1.82) is 0 Å². The molecule has 3 aliphatic rings. The van der Waals surface area contributed by atoms with E-state index in [2.05, 4.69) is 16.8 Å². The summed E-state index contributed by atoms with van der Waals surface area (Å²) >= 11 is 0. The molecule has 9 nitrogen and oxygen atoms in total. The number of para-hydroxylation sites is 1. The Morgan fingerprint density at radius 2 is 1.93 bits per heavy atom. The number of carbonyl (C=O) groups is 3. The summed E-state index contributed by atoms with van der Waals surface area (Å²) in [4.78, 5) is 45.8. The van der Waals surface area contributed by atoms with Gasteiger partial charge in [-0.3, -0.25) is 9.59 Å². The van der Waals surface area contributed by atoms with E-state index in [-0.39, 0.29) is 41.3 Å². The fourth-order valence-electron chi connectivity index (χ4n) is 7.51. The van der Waals surface area contributed by atoms with Crippen LogP contribution in [0.4, 0.5) is 9.18 Å². The fraction of sp³-hybridized carbons (Fsp3) is 0.455. The molecule has 2 aromatic carbocycles. The zero-order valence-corrected chi connectivity index (χ0v) is 25.1. The number of aromatic nitrogens is 3. The minimum absolute atomic E-state index is 0.0236. The van der Waals surface area contributed by atoms with Crippen LogP contribution in [0.5, 0.6) is 0 Å². The largest absolute Gasteiger partial charge is 0.444 e. The van der Waals surface area contributed by atoms with Crippen molar-refractivity contribution in [2.24, 2.45) is 13.0 Å². The SMILES string of the molecule is CCC1CC(=O)c2cccc3cc(-c4nc5cc(C(=O)N6C[C@H]7CC[C@@H]6[C@@H]7NC(=O)OC(C)(C)C)cc(F)c5n4C)n1c23. The van der Waals surface area contributed by atoms with E-state index in [1.54, 1.807) is 22.6 Å². The Labute approximate surface area is 249 Å². The third-order valence-corrected chi connectivity index (χ3v) is 9.35. The molecule has 1 aliphatic carbocycles. The zero-order chi connectivity index (χ0) is 30.4. The van der Waals surface area contributed by atoms with Gasteiger partial charge in [0.25, 0.3) is 5.91 Å². The van der Waals surface area contributed by atoms with Crippen molar-refractivity contribution < 1.29 is 23.5 Å². The smallest absolute Gasteiger partial charge is 0.407 e. The number of carbonyl (C=O) groups excluding carboxylic acids is 3. The summed E-state index contributed by atoms with van der Waals surface area (Å²) in [6, 6.07) is 10.3. The highest BCUT2D eigenvalue weighted by molar-refractivity contribution is 6.10. The van der Waals surface area contributed by atoms with Crippen LogP contribution in [0, 0.1) is 11.7 Å². The Morgan fingerprint density at radius 1 is 1.14 bits per heavy atom. The fourth-order valence-corrected chi connectivity index (χ4v) is 7.51. The molecule has 2 bridgehead atoms. The van der Waals surface area contributed by atoms with Crippen LogP contribution in [-0.2, 0) is 11.8 Å². The molecule has 4 aromatic rings. The molecule has 7 rings (SSSR count). The van der Waals surface area contributed by atoms with E-state index in [0.29, 0.717) is 35.4 Å². The van der Waals surface area contributed by atoms with Gasteiger partial charge in [-0.15, -0.1) is 0 Å². The number of hydrogen-bond acceptors (Lipinski definition) is 5. The van der Waals surface area contributed by atoms with Crippen LogP contribution < -0.4 is 5.32 Å². The molecule has 43 heavy (non-hydrogen) atoms. The lowest BCUT2D eigenvalue weighted by molar-refractivity contribution is 0.0485. The van der Waals surface area contributed by atoms with Gasteiger partial charge in [-0.05, 0) is 70.2 Å². The highest BCUT2D eigenvalue weighted by atomic mass is 19.1. The van der Waals surface area contributed by atoms with Gasteiger partial charge in [0.1, 0.15) is 16.9 Å². The van der Waals surface area contributed by atoms with E-state index in [4.69, 9.17) is 9.72 Å². The summed E-state index contributed by atoms with van der Waals surface area (Å²) in [5.41, 5.74) is 2.74. The van der Waals surface area contributed by atoms with Crippen molar-refractivity contribution in [2.45, 2.75) is 77.1 Å². The van der Waals surface area contributed by atoms with Gasteiger partial charge in [-0.1, -0.05) is 19.1 Å².